The molecule has 4 atom stereocenters. The lowest BCUT2D eigenvalue weighted by atomic mass is 9.96. The third kappa shape index (κ3) is 9.23. The summed E-state index contributed by atoms with van der Waals surface area (Å²) in [6.45, 7) is 16.1. The number of carbonyl (C=O) groups excluding carboxylic acids is 1. The van der Waals surface area contributed by atoms with Crippen LogP contribution in [0.3, 0.4) is 0 Å². The van der Waals surface area contributed by atoms with Crippen molar-refractivity contribution in [1.29, 1.82) is 0 Å². The molecule has 196 valence electrons. The maximum atomic E-state index is 11.7. The molecule has 0 bridgehead atoms. The van der Waals surface area contributed by atoms with Gasteiger partial charge in [-0.3, -0.25) is 9.59 Å². The fraction of sp³-hybridized carbons (Fsp3) is 0.467. The highest BCUT2D eigenvalue weighted by Crippen LogP contribution is 2.35. The maximum Gasteiger partial charge on any atom is 0.308 e. The van der Waals surface area contributed by atoms with Crippen molar-refractivity contribution < 1.29 is 19.4 Å². The number of benzene rings is 2. The highest BCUT2D eigenvalue weighted by atomic mass is 35.5. The Morgan fingerprint density at radius 3 is 1.62 bits per heavy atom. The van der Waals surface area contributed by atoms with Crippen molar-refractivity contribution in [3.8, 4) is 0 Å². The molecule has 0 heterocycles. The van der Waals surface area contributed by atoms with Gasteiger partial charge in [0, 0.05) is 0 Å². The van der Waals surface area contributed by atoms with Crippen LogP contribution in [0.4, 0.5) is 11.4 Å². The summed E-state index contributed by atoms with van der Waals surface area (Å²) in [6, 6.07) is 15.4. The van der Waals surface area contributed by atoms with Crippen LogP contribution in [0, 0.1) is 36.8 Å². The highest BCUT2D eigenvalue weighted by Gasteiger charge is 2.31. The van der Waals surface area contributed by atoms with Gasteiger partial charge in [0.05, 0.1) is 31.6 Å². The lowest BCUT2D eigenvalue weighted by Gasteiger charge is -2.11. The Morgan fingerprint density at radius 1 is 0.811 bits per heavy atom. The molecule has 0 unspecified atom stereocenters. The molecule has 2 saturated carbocycles. The molecule has 0 amide bonds. The Hall–Kier alpha value is -3.35. The van der Waals surface area contributed by atoms with Crippen molar-refractivity contribution in [3.05, 3.63) is 82.5 Å². The van der Waals surface area contributed by atoms with Gasteiger partial charge >= 0.3 is 11.9 Å². The molecule has 0 aliphatic heterocycles. The highest BCUT2D eigenvalue weighted by molar-refractivity contribution is 5.85. The topological polar surface area (TPSA) is 72.3 Å². The second-order valence-electron chi connectivity index (χ2n) is 9.81. The van der Waals surface area contributed by atoms with E-state index >= 15 is 0 Å². The van der Waals surface area contributed by atoms with Crippen LogP contribution in [0.2, 0.25) is 0 Å². The first-order valence-corrected chi connectivity index (χ1v) is 12.7. The molecule has 0 aromatic heterocycles. The molecule has 0 radical (unpaired) electrons. The molecular formula is C30H35ClN2O4. The van der Waals surface area contributed by atoms with Gasteiger partial charge < -0.3 is 9.84 Å². The van der Waals surface area contributed by atoms with Gasteiger partial charge in [-0.15, -0.1) is 12.4 Å². The number of hydrogen-bond donors (Lipinski definition) is 1. The molecule has 2 fully saturated rings. The van der Waals surface area contributed by atoms with Crippen LogP contribution >= 0.6 is 12.4 Å². The summed E-state index contributed by atoms with van der Waals surface area (Å²) in [7, 11) is 0. The van der Waals surface area contributed by atoms with Crippen LogP contribution in [-0.2, 0) is 27.2 Å². The number of esters is 1. The summed E-state index contributed by atoms with van der Waals surface area (Å²) in [4.78, 5) is 29.3. The van der Waals surface area contributed by atoms with E-state index in [1.807, 2.05) is 55.5 Å². The Kier molecular flexibility index (Phi) is 12.1. The molecule has 37 heavy (non-hydrogen) atoms. The normalized spacial score (nSPS) is 21.9. The minimum Gasteiger partial charge on any atom is -0.481 e. The number of carbonyl (C=O) groups is 2. The third-order valence-corrected chi connectivity index (χ3v) is 7.23. The fourth-order valence-electron chi connectivity index (χ4n) is 5.30. The summed E-state index contributed by atoms with van der Waals surface area (Å²) in [5.41, 5.74) is 3.79. The smallest absolute Gasteiger partial charge is 0.308 e. The second-order valence-corrected chi connectivity index (χ2v) is 9.81. The van der Waals surface area contributed by atoms with Gasteiger partial charge in [-0.2, -0.15) is 0 Å². The van der Waals surface area contributed by atoms with E-state index in [2.05, 4.69) is 9.69 Å². The predicted molar refractivity (Wildman–Crippen MR) is 146 cm³/mol. The minimum absolute atomic E-state index is 0. The maximum absolute atomic E-state index is 11.7. The number of rotatable bonds is 7. The van der Waals surface area contributed by atoms with Crippen LogP contribution in [0.1, 0.15) is 56.6 Å². The molecule has 6 nitrogen and oxygen atoms in total. The molecule has 0 saturated heterocycles. The number of carboxylic acid groups (broad SMARTS) is 1. The molecule has 2 aliphatic rings. The molecular weight excluding hydrogens is 488 g/mol. The zero-order chi connectivity index (χ0) is 25.9. The molecule has 2 aromatic carbocycles. The van der Waals surface area contributed by atoms with Crippen LogP contribution in [0.15, 0.2) is 48.5 Å². The number of nitrogens with zero attached hydrogens (tertiary/aromatic N) is 2. The van der Waals surface area contributed by atoms with Crippen molar-refractivity contribution in [2.24, 2.45) is 23.7 Å². The van der Waals surface area contributed by atoms with E-state index in [0.717, 1.165) is 51.4 Å². The molecule has 0 spiro atoms. The summed E-state index contributed by atoms with van der Waals surface area (Å²) in [5.74, 6) is 0.294. The van der Waals surface area contributed by atoms with E-state index in [9.17, 15) is 9.59 Å². The van der Waals surface area contributed by atoms with Crippen molar-refractivity contribution in [1.82, 2.24) is 0 Å². The quantitative estimate of drug-likeness (QED) is 0.302. The van der Waals surface area contributed by atoms with E-state index in [1.54, 1.807) is 0 Å². The van der Waals surface area contributed by atoms with E-state index in [0.29, 0.717) is 29.8 Å². The molecule has 2 aliphatic carbocycles. The predicted octanol–water partition coefficient (Wildman–Crippen LogP) is 7.46. The van der Waals surface area contributed by atoms with Gasteiger partial charge in [0.2, 0.25) is 0 Å². The lowest BCUT2D eigenvalue weighted by molar-refractivity contribution is -0.148. The van der Waals surface area contributed by atoms with E-state index < -0.39 is 5.97 Å². The molecule has 1 N–H and O–H groups in total. The second kappa shape index (κ2) is 15.0. The van der Waals surface area contributed by atoms with Gasteiger partial charge in [-0.05, 0) is 70.1 Å². The first-order valence-electron chi connectivity index (χ1n) is 12.7. The van der Waals surface area contributed by atoms with Crippen LogP contribution in [0.5, 0.6) is 0 Å². The molecule has 2 aromatic rings. The van der Waals surface area contributed by atoms with E-state index in [1.165, 1.54) is 11.1 Å². The molecule has 7 heteroatoms. The lowest BCUT2D eigenvalue weighted by Crippen LogP contribution is -2.15. The van der Waals surface area contributed by atoms with Crippen molar-refractivity contribution in [2.75, 3.05) is 6.61 Å². The SMILES string of the molecule is Cl.[C-]#[N+]c1ccc(C[C@H]2CC[C@@H](C(=O)O)C2)cc1.[C-]#[N+]c1ccc(C[C@H]2CC[C@@H](C(=O)OCC)C2)cc1. The largest absolute Gasteiger partial charge is 0.481 e. The zero-order valence-corrected chi connectivity index (χ0v) is 22.1. The summed E-state index contributed by atoms with van der Waals surface area (Å²) < 4.78 is 5.08. The molecule has 4 rings (SSSR count). The summed E-state index contributed by atoms with van der Waals surface area (Å²) in [5, 5.41) is 8.93. The minimum atomic E-state index is -0.657. The van der Waals surface area contributed by atoms with Gasteiger partial charge in [0.1, 0.15) is 0 Å². The number of hydrogen-bond acceptors (Lipinski definition) is 3. The number of aliphatic carboxylic acids is 1. The van der Waals surface area contributed by atoms with Crippen LogP contribution in [-0.4, -0.2) is 23.7 Å². The first-order chi connectivity index (χ1) is 17.4. The standard InChI is InChI=1S/C16H19NO2.C14H15NO2.ClH/c1-3-19-16(18)14-7-4-13(11-14)10-12-5-8-15(17-2)9-6-12;1-15-13-6-3-10(4-7-13)8-11-2-5-12(9-11)14(16)17;/h5-6,8-9,13-14H,3-4,7,10-11H2,1H3;3-4,6-7,11-12H,2,5,8-9H2,(H,16,17);1H/t13-,14-;11-,12-;/m11./s1. The van der Waals surface area contributed by atoms with Crippen molar-refractivity contribution in [2.45, 2.75) is 58.3 Å². The van der Waals surface area contributed by atoms with Gasteiger partial charge in [-0.25, -0.2) is 9.69 Å². The van der Waals surface area contributed by atoms with Crippen molar-refractivity contribution in [3.63, 3.8) is 0 Å². The third-order valence-electron chi connectivity index (χ3n) is 7.23. The fourth-order valence-corrected chi connectivity index (χ4v) is 5.30. The number of halogens is 1. The van der Waals surface area contributed by atoms with Crippen molar-refractivity contribution >= 4 is 35.7 Å². The van der Waals surface area contributed by atoms with E-state index in [-0.39, 0.29) is 30.2 Å². The average Bonchev–Trinajstić information content (AvgIpc) is 3.56. The Balaban J connectivity index is 0.000000255. The Bertz CT molecular complexity index is 1100. The first kappa shape index (κ1) is 29.9. The van der Waals surface area contributed by atoms with E-state index in [4.69, 9.17) is 23.0 Å². The van der Waals surface area contributed by atoms with Gasteiger partial charge in [0.25, 0.3) is 0 Å². The van der Waals surface area contributed by atoms with Crippen LogP contribution < -0.4 is 0 Å². The number of ether oxygens (including phenoxy) is 1. The van der Waals surface area contributed by atoms with Gasteiger partial charge in [0.15, 0.2) is 11.4 Å². The number of carboxylic acids is 1. The van der Waals surface area contributed by atoms with Crippen LogP contribution in [0.25, 0.3) is 9.69 Å². The van der Waals surface area contributed by atoms with Gasteiger partial charge in [-0.1, -0.05) is 59.7 Å². The monoisotopic (exact) mass is 522 g/mol. The average molecular weight is 523 g/mol. The summed E-state index contributed by atoms with van der Waals surface area (Å²) in [6.07, 6.45) is 7.50. The summed E-state index contributed by atoms with van der Waals surface area (Å²) >= 11 is 0. The zero-order valence-electron chi connectivity index (χ0n) is 21.3. The Morgan fingerprint density at radius 2 is 1.24 bits per heavy atom. The Labute approximate surface area is 226 Å².